The number of aliphatic imine (C=N–C) groups is 1. The van der Waals surface area contributed by atoms with Crippen molar-refractivity contribution in [2.24, 2.45) is 16.8 Å². The third kappa shape index (κ3) is 6.20. The van der Waals surface area contributed by atoms with E-state index in [4.69, 9.17) is 16.6 Å². The number of rotatable bonds is 10. The second kappa shape index (κ2) is 12.5. The van der Waals surface area contributed by atoms with Gasteiger partial charge in [-0.3, -0.25) is 14.6 Å². The molecule has 3 aromatic rings. The second-order valence-corrected chi connectivity index (χ2v) is 11.9. The molecule has 2 heterocycles. The Balaban J connectivity index is 1.46. The molecule has 1 aliphatic carbocycles. The van der Waals surface area contributed by atoms with Crippen LogP contribution in [0.4, 0.5) is 0 Å². The molecule has 0 bridgehead atoms. The van der Waals surface area contributed by atoms with E-state index in [-0.39, 0.29) is 24.4 Å². The normalized spacial score (nSPS) is 21.4. The quantitative estimate of drug-likeness (QED) is 0.313. The number of unbranched alkanes of at least 4 members (excludes halogenated alkanes) is 1. The molecule has 9 nitrogen and oxygen atoms in total. The number of benzene rings is 2. The molecule has 0 radical (unpaired) electrons. The molecule has 216 valence electrons. The number of H-pyrrole nitrogens is 1. The Kier molecular flexibility index (Phi) is 8.82. The fourth-order valence-electron chi connectivity index (χ4n) is 6.21. The molecule has 0 saturated heterocycles. The zero-order valence-electron chi connectivity index (χ0n) is 23.9. The van der Waals surface area contributed by atoms with Crippen LogP contribution in [0.1, 0.15) is 99.1 Å². The largest absolute Gasteiger partial charge is 0.345 e. The monoisotopic (exact) mass is 575 g/mol. The smallest absolute Gasteiger partial charge is 0.275 e. The highest BCUT2D eigenvalue weighted by Gasteiger charge is 2.51. The van der Waals surface area contributed by atoms with E-state index < -0.39 is 5.66 Å². The zero-order chi connectivity index (χ0) is 29.0. The van der Waals surface area contributed by atoms with Crippen molar-refractivity contribution >= 4 is 29.1 Å². The van der Waals surface area contributed by atoms with E-state index in [9.17, 15) is 9.59 Å². The highest BCUT2D eigenvalue weighted by Crippen LogP contribution is 2.48. The van der Waals surface area contributed by atoms with Gasteiger partial charge in [-0.05, 0) is 73.8 Å². The van der Waals surface area contributed by atoms with Crippen molar-refractivity contribution in [3.05, 3.63) is 76.1 Å². The lowest BCUT2D eigenvalue weighted by Gasteiger charge is -2.46. The molecule has 10 heteroatoms. The van der Waals surface area contributed by atoms with Crippen LogP contribution < -0.4 is 5.32 Å². The first kappa shape index (κ1) is 28.9. The van der Waals surface area contributed by atoms with Crippen LogP contribution in [0.15, 0.2) is 53.5 Å². The van der Waals surface area contributed by atoms with Gasteiger partial charge in [0.05, 0.1) is 12.6 Å². The number of aromatic amines is 1. The van der Waals surface area contributed by atoms with Crippen LogP contribution in [0.3, 0.4) is 0 Å². The number of nitrogens with one attached hydrogen (secondary N) is 2. The highest BCUT2D eigenvalue weighted by molar-refractivity contribution is 6.47. The summed E-state index contributed by atoms with van der Waals surface area (Å²) < 4.78 is 0. The van der Waals surface area contributed by atoms with Gasteiger partial charge in [-0.2, -0.15) is 5.21 Å². The lowest BCUT2D eigenvalue weighted by Crippen LogP contribution is -2.51. The first-order valence-electron chi connectivity index (χ1n) is 14.6. The SMILES string of the molecule is CCCC[C@H](c1ccc(C(=O)NCc2nn[nH]n2)cc1)N1C(=O)C(c2cccc(Cl)c2)=NC12CCC(C(C)C)CC2. The van der Waals surface area contributed by atoms with Gasteiger partial charge in [-0.15, -0.1) is 10.2 Å². The standard InChI is InChI=1S/C31H38ClN7O2/c1-4-5-9-26(22-10-12-23(13-11-22)29(40)33-19-27-35-37-38-36-27)39-30(41)28(24-7-6-8-25(32)18-24)34-31(39)16-14-21(15-17-31)20(2)3/h6-8,10-13,18,20-21,26H,4-5,9,14-17,19H2,1-3H3,(H,33,40)(H,35,36,37,38)/t21?,26-,31?/m1/s1. The minimum Gasteiger partial charge on any atom is -0.345 e. The van der Waals surface area contributed by atoms with Crippen molar-refractivity contribution in [2.45, 2.75) is 84.0 Å². The average molecular weight is 576 g/mol. The maximum atomic E-state index is 14.3. The third-order valence-corrected chi connectivity index (χ3v) is 8.79. The molecule has 41 heavy (non-hydrogen) atoms. The van der Waals surface area contributed by atoms with E-state index in [0.717, 1.165) is 56.1 Å². The summed E-state index contributed by atoms with van der Waals surface area (Å²) in [5.41, 5.74) is 2.21. The highest BCUT2D eigenvalue weighted by atomic mass is 35.5. The Hall–Kier alpha value is -3.59. The number of halogens is 1. The van der Waals surface area contributed by atoms with Crippen LogP contribution in [-0.2, 0) is 11.3 Å². The van der Waals surface area contributed by atoms with Gasteiger partial charge in [0, 0.05) is 16.1 Å². The van der Waals surface area contributed by atoms with E-state index >= 15 is 0 Å². The van der Waals surface area contributed by atoms with Gasteiger partial charge in [0.2, 0.25) is 0 Å². The van der Waals surface area contributed by atoms with E-state index in [2.05, 4.69) is 51.6 Å². The summed E-state index contributed by atoms with van der Waals surface area (Å²) in [7, 11) is 0. The number of hydrogen-bond acceptors (Lipinski definition) is 6. The number of carbonyl (C=O) groups excluding carboxylic acids is 2. The van der Waals surface area contributed by atoms with Crippen LogP contribution in [0.25, 0.3) is 0 Å². The first-order chi connectivity index (χ1) is 19.8. The van der Waals surface area contributed by atoms with Crippen LogP contribution in [-0.4, -0.2) is 48.7 Å². The van der Waals surface area contributed by atoms with Crippen LogP contribution in [0.2, 0.25) is 5.02 Å². The topological polar surface area (TPSA) is 116 Å². The predicted molar refractivity (Wildman–Crippen MR) is 158 cm³/mol. The molecule has 2 N–H and O–H groups in total. The Labute approximate surface area is 246 Å². The van der Waals surface area contributed by atoms with Gasteiger partial charge < -0.3 is 10.2 Å². The van der Waals surface area contributed by atoms with Gasteiger partial charge >= 0.3 is 0 Å². The molecular weight excluding hydrogens is 538 g/mol. The van der Waals surface area contributed by atoms with Gasteiger partial charge in [-0.25, -0.2) is 0 Å². The Morgan fingerprint density at radius 1 is 1.17 bits per heavy atom. The summed E-state index contributed by atoms with van der Waals surface area (Å²) in [6.45, 7) is 6.91. The van der Waals surface area contributed by atoms with Gasteiger partial charge in [0.1, 0.15) is 11.4 Å². The molecule has 1 spiro atoms. The number of carbonyl (C=O) groups is 2. The van der Waals surface area contributed by atoms with E-state index in [0.29, 0.717) is 34.0 Å². The molecule has 1 saturated carbocycles. The fraction of sp³-hybridized carbons (Fsp3) is 0.484. The van der Waals surface area contributed by atoms with Crippen LogP contribution in [0.5, 0.6) is 0 Å². The summed E-state index contributed by atoms with van der Waals surface area (Å²) in [6.07, 6.45) is 6.55. The van der Waals surface area contributed by atoms with E-state index in [1.165, 1.54) is 0 Å². The predicted octanol–water partition coefficient (Wildman–Crippen LogP) is 5.89. The van der Waals surface area contributed by atoms with Crippen LogP contribution in [0, 0.1) is 11.8 Å². The lowest BCUT2D eigenvalue weighted by molar-refractivity contribution is -0.133. The molecule has 1 fully saturated rings. The molecule has 1 aliphatic heterocycles. The van der Waals surface area contributed by atoms with Crippen molar-refractivity contribution in [1.29, 1.82) is 0 Å². The molecule has 2 aromatic carbocycles. The van der Waals surface area contributed by atoms with Crippen molar-refractivity contribution in [3.8, 4) is 0 Å². The number of hydrogen-bond donors (Lipinski definition) is 2. The Bertz CT molecular complexity index is 1380. The Morgan fingerprint density at radius 3 is 2.56 bits per heavy atom. The lowest BCUT2D eigenvalue weighted by atomic mass is 9.76. The van der Waals surface area contributed by atoms with E-state index in [1.54, 1.807) is 0 Å². The number of amides is 2. The zero-order valence-corrected chi connectivity index (χ0v) is 24.7. The molecule has 1 atom stereocenters. The minimum atomic E-state index is -0.584. The van der Waals surface area contributed by atoms with Crippen molar-refractivity contribution in [1.82, 2.24) is 30.8 Å². The van der Waals surface area contributed by atoms with Crippen molar-refractivity contribution < 1.29 is 9.59 Å². The molecule has 2 amide bonds. The summed E-state index contributed by atoms with van der Waals surface area (Å²) in [5, 5.41) is 17.0. The van der Waals surface area contributed by atoms with Crippen molar-refractivity contribution in [3.63, 3.8) is 0 Å². The maximum Gasteiger partial charge on any atom is 0.275 e. The average Bonchev–Trinajstić information content (AvgIpc) is 3.59. The van der Waals surface area contributed by atoms with Gasteiger partial charge in [0.15, 0.2) is 5.82 Å². The molecule has 2 aliphatic rings. The maximum absolute atomic E-state index is 14.3. The summed E-state index contributed by atoms with van der Waals surface area (Å²) >= 11 is 6.33. The molecule has 5 rings (SSSR count). The fourth-order valence-corrected chi connectivity index (χ4v) is 6.40. The number of tetrazole rings is 1. The van der Waals surface area contributed by atoms with Crippen LogP contribution >= 0.6 is 11.6 Å². The first-order valence-corrected chi connectivity index (χ1v) is 15.0. The number of aromatic nitrogens is 4. The molecule has 1 aromatic heterocycles. The summed E-state index contributed by atoms with van der Waals surface area (Å²) in [5.74, 6) is 1.37. The summed E-state index contributed by atoms with van der Waals surface area (Å²) in [6, 6.07) is 14.9. The van der Waals surface area contributed by atoms with Gasteiger partial charge in [-0.1, -0.05) is 74.7 Å². The summed E-state index contributed by atoms with van der Waals surface area (Å²) in [4.78, 5) is 34.4. The number of nitrogens with zero attached hydrogens (tertiary/aromatic N) is 5. The minimum absolute atomic E-state index is 0.0432. The van der Waals surface area contributed by atoms with E-state index in [1.807, 2.05) is 48.5 Å². The molecule has 0 unspecified atom stereocenters. The Morgan fingerprint density at radius 2 is 1.93 bits per heavy atom. The second-order valence-electron chi connectivity index (χ2n) is 11.5. The molecular formula is C31H38ClN7O2. The van der Waals surface area contributed by atoms with Gasteiger partial charge in [0.25, 0.3) is 11.8 Å². The van der Waals surface area contributed by atoms with Crippen molar-refractivity contribution in [2.75, 3.05) is 0 Å². The third-order valence-electron chi connectivity index (χ3n) is 8.56.